The maximum atomic E-state index is 11.8. The van der Waals surface area contributed by atoms with E-state index in [1.54, 1.807) is 0 Å². The maximum Gasteiger partial charge on any atom is 0.334 e. The Morgan fingerprint density at radius 2 is 1.53 bits per heavy atom. The van der Waals surface area contributed by atoms with Crippen molar-refractivity contribution in [1.82, 2.24) is 4.90 Å². The number of carbonyl (C=O) groups excluding carboxylic acids is 1. The average Bonchev–Trinajstić information content (AvgIpc) is 2.41. The Morgan fingerprint density at radius 1 is 1.00 bits per heavy atom. The maximum absolute atomic E-state index is 11.8. The van der Waals surface area contributed by atoms with E-state index in [0.29, 0.717) is 18.7 Å². The van der Waals surface area contributed by atoms with Gasteiger partial charge in [0.1, 0.15) is 0 Å². The fourth-order valence-corrected chi connectivity index (χ4v) is 1.78. The number of unbranched alkanes of at least 4 members (excludes halogenated alkanes) is 3. The van der Waals surface area contributed by atoms with E-state index in [4.69, 9.17) is 4.74 Å². The van der Waals surface area contributed by atoms with Crippen LogP contribution in [0.5, 0.6) is 0 Å². The molecule has 112 valence electrons. The predicted octanol–water partition coefficient (Wildman–Crippen LogP) is 3.79. The summed E-state index contributed by atoms with van der Waals surface area (Å²) in [5.74, 6) is -0.230. The highest BCUT2D eigenvalue weighted by Crippen LogP contribution is 2.05. The van der Waals surface area contributed by atoms with Crippen molar-refractivity contribution in [2.45, 2.75) is 59.3 Å². The van der Waals surface area contributed by atoms with Crippen molar-refractivity contribution in [3.05, 3.63) is 12.2 Å². The number of hydrogen-bond acceptors (Lipinski definition) is 3. The fraction of sp³-hybridized carbons (Fsp3) is 0.812. The highest BCUT2D eigenvalue weighted by molar-refractivity contribution is 5.88. The van der Waals surface area contributed by atoms with E-state index in [1.165, 1.54) is 25.7 Å². The zero-order chi connectivity index (χ0) is 14.5. The largest absolute Gasteiger partial charge is 0.462 e. The molecule has 0 spiro atoms. The molecular weight excluding hydrogens is 238 g/mol. The molecule has 0 atom stereocenters. The Hall–Kier alpha value is -0.830. The lowest BCUT2D eigenvalue weighted by Gasteiger charge is -2.22. The Labute approximate surface area is 119 Å². The Kier molecular flexibility index (Phi) is 11.7. The molecule has 0 saturated carbocycles. The standard InChI is InChI=1S/C16H31NO2/c1-5-8-11-17(12-9-6-2)14-15(4)16(18)19-13-10-7-3/h4-14H2,1-3H3. The normalized spacial score (nSPS) is 10.7. The van der Waals surface area contributed by atoms with Crippen LogP contribution in [0.3, 0.4) is 0 Å². The molecule has 0 rings (SSSR count). The van der Waals surface area contributed by atoms with E-state index in [2.05, 4.69) is 32.3 Å². The summed E-state index contributed by atoms with van der Waals surface area (Å²) in [7, 11) is 0. The van der Waals surface area contributed by atoms with Crippen molar-refractivity contribution in [3.63, 3.8) is 0 Å². The smallest absolute Gasteiger partial charge is 0.334 e. The Balaban J connectivity index is 4.08. The van der Waals surface area contributed by atoms with E-state index < -0.39 is 0 Å². The quantitative estimate of drug-likeness (QED) is 0.307. The lowest BCUT2D eigenvalue weighted by atomic mass is 10.2. The molecule has 0 unspecified atom stereocenters. The average molecular weight is 269 g/mol. The van der Waals surface area contributed by atoms with Gasteiger partial charge in [0.25, 0.3) is 0 Å². The van der Waals surface area contributed by atoms with Crippen molar-refractivity contribution in [1.29, 1.82) is 0 Å². The van der Waals surface area contributed by atoms with Gasteiger partial charge in [0.15, 0.2) is 0 Å². The molecule has 0 N–H and O–H groups in total. The van der Waals surface area contributed by atoms with Crippen molar-refractivity contribution >= 4 is 5.97 Å². The van der Waals surface area contributed by atoms with E-state index >= 15 is 0 Å². The van der Waals surface area contributed by atoms with Crippen LogP contribution in [0.2, 0.25) is 0 Å². The number of esters is 1. The number of carbonyl (C=O) groups is 1. The van der Waals surface area contributed by atoms with Crippen molar-refractivity contribution in [2.75, 3.05) is 26.2 Å². The summed E-state index contributed by atoms with van der Waals surface area (Å²) in [6, 6.07) is 0. The van der Waals surface area contributed by atoms with Gasteiger partial charge in [0.2, 0.25) is 0 Å². The molecule has 0 heterocycles. The van der Waals surface area contributed by atoms with Crippen LogP contribution in [0.4, 0.5) is 0 Å². The van der Waals surface area contributed by atoms with Crippen LogP contribution >= 0.6 is 0 Å². The third-order valence-electron chi connectivity index (χ3n) is 3.09. The van der Waals surface area contributed by atoms with Gasteiger partial charge < -0.3 is 4.74 Å². The molecule has 0 aromatic carbocycles. The molecule has 0 saturated heterocycles. The molecule has 3 heteroatoms. The second-order valence-electron chi connectivity index (χ2n) is 5.08. The SMILES string of the molecule is C=C(CN(CCCC)CCCC)C(=O)OCCCC. The molecule has 0 aliphatic rings. The van der Waals surface area contributed by atoms with Gasteiger partial charge in [-0.1, -0.05) is 46.6 Å². The lowest BCUT2D eigenvalue weighted by molar-refractivity contribution is -0.139. The minimum Gasteiger partial charge on any atom is -0.462 e. The van der Waals surface area contributed by atoms with E-state index in [0.717, 1.165) is 25.9 Å². The van der Waals surface area contributed by atoms with E-state index in [-0.39, 0.29) is 5.97 Å². The minimum atomic E-state index is -0.230. The number of hydrogen-bond donors (Lipinski definition) is 0. The van der Waals surface area contributed by atoms with E-state index in [1.807, 2.05) is 0 Å². The second-order valence-corrected chi connectivity index (χ2v) is 5.08. The summed E-state index contributed by atoms with van der Waals surface area (Å²) in [5.41, 5.74) is 0.586. The summed E-state index contributed by atoms with van der Waals surface area (Å²) in [6.07, 6.45) is 6.66. The van der Waals surface area contributed by atoms with Crippen molar-refractivity contribution in [2.24, 2.45) is 0 Å². The molecule has 0 aromatic heterocycles. The summed E-state index contributed by atoms with van der Waals surface area (Å²) >= 11 is 0. The van der Waals surface area contributed by atoms with Crippen LogP contribution < -0.4 is 0 Å². The first-order valence-electron chi connectivity index (χ1n) is 7.72. The van der Waals surface area contributed by atoms with Crippen LogP contribution in [0.25, 0.3) is 0 Å². The van der Waals surface area contributed by atoms with Gasteiger partial charge in [-0.3, -0.25) is 4.90 Å². The van der Waals surface area contributed by atoms with Gasteiger partial charge in [0.05, 0.1) is 6.61 Å². The number of ether oxygens (including phenoxy) is 1. The van der Waals surface area contributed by atoms with Crippen molar-refractivity contribution in [3.8, 4) is 0 Å². The monoisotopic (exact) mass is 269 g/mol. The zero-order valence-electron chi connectivity index (χ0n) is 13.0. The third kappa shape index (κ3) is 9.71. The number of nitrogens with zero attached hydrogens (tertiary/aromatic N) is 1. The summed E-state index contributed by atoms with van der Waals surface area (Å²) < 4.78 is 5.19. The van der Waals surface area contributed by atoms with Gasteiger partial charge >= 0.3 is 5.97 Å². The molecule has 0 aliphatic carbocycles. The molecule has 0 amide bonds. The summed E-state index contributed by atoms with van der Waals surface area (Å²) in [5, 5.41) is 0. The van der Waals surface area contributed by atoms with Gasteiger partial charge in [-0.25, -0.2) is 4.79 Å². The van der Waals surface area contributed by atoms with Gasteiger partial charge in [-0.05, 0) is 32.4 Å². The first-order valence-corrected chi connectivity index (χ1v) is 7.72. The summed E-state index contributed by atoms with van der Waals surface area (Å²) in [4.78, 5) is 14.1. The number of rotatable bonds is 12. The van der Waals surface area contributed by atoms with Crippen LogP contribution in [0.15, 0.2) is 12.2 Å². The molecule has 3 nitrogen and oxygen atoms in total. The lowest BCUT2D eigenvalue weighted by Crippen LogP contribution is -2.30. The second kappa shape index (κ2) is 12.2. The topological polar surface area (TPSA) is 29.5 Å². The van der Waals surface area contributed by atoms with Crippen LogP contribution in [0.1, 0.15) is 59.3 Å². The third-order valence-corrected chi connectivity index (χ3v) is 3.09. The highest BCUT2D eigenvalue weighted by atomic mass is 16.5. The molecule has 0 bridgehead atoms. The van der Waals surface area contributed by atoms with Gasteiger partial charge in [-0.2, -0.15) is 0 Å². The molecule has 0 radical (unpaired) electrons. The van der Waals surface area contributed by atoms with Crippen LogP contribution in [0, 0.1) is 0 Å². The zero-order valence-corrected chi connectivity index (χ0v) is 13.0. The first kappa shape index (κ1) is 18.2. The Morgan fingerprint density at radius 3 is 2.00 bits per heavy atom. The van der Waals surface area contributed by atoms with E-state index in [9.17, 15) is 4.79 Å². The fourth-order valence-electron chi connectivity index (χ4n) is 1.78. The van der Waals surface area contributed by atoms with Gasteiger partial charge in [-0.15, -0.1) is 0 Å². The minimum absolute atomic E-state index is 0.230. The molecule has 0 fully saturated rings. The van der Waals surface area contributed by atoms with Crippen LogP contribution in [-0.4, -0.2) is 37.1 Å². The predicted molar refractivity (Wildman–Crippen MR) is 81.3 cm³/mol. The molecule has 0 aromatic rings. The Bertz CT molecular complexity index is 243. The molecule has 0 aliphatic heterocycles. The van der Waals surface area contributed by atoms with Gasteiger partial charge in [0, 0.05) is 12.1 Å². The van der Waals surface area contributed by atoms with Crippen LogP contribution in [-0.2, 0) is 9.53 Å². The van der Waals surface area contributed by atoms with Crippen molar-refractivity contribution < 1.29 is 9.53 Å². The summed E-state index contributed by atoms with van der Waals surface area (Å²) in [6.45, 7) is 13.6. The first-order chi connectivity index (χ1) is 9.15. The molecule has 19 heavy (non-hydrogen) atoms. The molecular formula is C16H31NO2. The highest BCUT2D eigenvalue weighted by Gasteiger charge is 2.13.